The Morgan fingerprint density at radius 3 is 2.54 bits per heavy atom. The highest BCUT2D eigenvalue weighted by Gasteiger charge is 2.34. The summed E-state index contributed by atoms with van der Waals surface area (Å²) in [6, 6.07) is 13.2. The van der Waals surface area contributed by atoms with Crippen molar-refractivity contribution in [2.75, 3.05) is 13.1 Å². The van der Waals surface area contributed by atoms with E-state index in [9.17, 15) is 22.9 Å². The zero-order chi connectivity index (χ0) is 18.7. The van der Waals surface area contributed by atoms with Gasteiger partial charge in [-0.1, -0.05) is 12.1 Å². The fourth-order valence-electron chi connectivity index (χ4n) is 3.15. The van der Waals surface area contributed by atoms with Crippen LogP contribution in [0.4, 0.5) is 4.39 Å². The molecule has 1 aliphatic heterocycles. The number of carbonyl (C=O) groups is 1. The maximum absolute atomic E-state index is 13.0. The molecule has 0 radical (unpaired) electrons. The highest BCUT2D eigenvalue weighted by Crippen LogP contribution is 2.27. The van der Waals surface area contributed by atoms with Crippen molar-refractivity contribution in [2.24, 2.45) is 5.92 Å². The number of benzene rings is 2. The topological polar surface area (TPSA) is 78.2 Å². The van der Waals surface area contributed by atoms with Crippen molar-refractivity contribution in [1.29, 1.82) is 5.26 Å². The summed E-state index contributed by atoms with van der Waals surface area (Å²) in [4.78, 5) is 12.6. The first-order valence-corrected chi connectivity index (χ1v) is 9.66. The molecule has 134 valence electrons. The van der Waals surface area contributed by atoms with Crippen molar-refractivity contribution in [3.63, 3.8) is 0 Å². The van der Waals surface area contributed by atoms with Gasteiger partial charge < -0.3 is 0 Å². The molecule has 1 heterocycles. The third-order valence-electron chi connectivity index (χ3n) is 4.51. The number of nitriles is 1. The second kappa shape index (κ2) is 7.36. The van der Waals surface area contributed by atoms with Crippen LogP contribution in [0.1, 0.15) is 28.8 Å². The third-order valence-corrected chi connectivity index (χ3v) is 6.43. The molecule has 0 N–H and O–H groups in total. The van der Waals surface area contributed by atoms with Crippen LogP contribution in [-0.2, 0) is 10.0 Å². The van der Waals surface area contributed by atoms with Crippen LogP contribution in [0.25, 0.3) is 0 Å². The van der Waals surface area contributed by atoms with Gasteiger partial charge in [0.1, 0.15) is 11.9 Å². The van der Waals surface area contributed by atoms with Crippen molar-refractivity contribution in [1.82, 2.24) is 4.31 Å². The summed E-state index contributed by atoms with van der Waals surface area (Å²) in [5, 5.41) is 9.17. The van der Waals surface area contributed by atoms with Crippen LogP contribution in [-0.4, -0.2) is 31.6 Å². The Bertz CT molecular complexity index is 965. The van der Waals surface area contributed by atoms with Crippen LogP contribution in [0, 0.1) is 23.1 Å². The molecule has 1 aliphatic rings. The average molecular weight is 372 g/mol. The Morgan fingerprint density at radius 2 is 1.85 bits per heavy atom. The highest BCUT2D eigenvalue weighted by molar-refractivity contribution is 7.89. The van der Waals surface area contributed by atoms with Crippen LogP contribution in [0.15, 0.2) is 53.4 Å². The van der Waals surface area contributed by atoms with Gasteiger partial charge in [0.2, 0.25) is 10.0 Å². The first kappa shape index (κ1) is 18.2. The minimum absolute atomic E-state index is 0.0441. The van der Waals surface area contributed by atoms with E-state index in [1.165, 1.54) is 40.7 Å². The summed E-state index contributed by atoms with van der Waals surface area (Å²) < 4.78 is 40.2. The summed E-state index contributed by atoms with van der Waals surface area (Å²) in [5.74, 6) is -1.11. The van der Waals surface area contributed by atoms with E-state index in [0.717, 1.165) is 0 Å². The SMILES string of the molecule is N#Cc1ccccc1S(=O)(=O)N1CCCC(C(=O)c2ccc(F)cc2)C1. The number of sulfonamides is 1. The van der Waals surface area contributed by atoms with Crippen molar-refractivity contribution < 1.29 is 17.6 Å². The molecule has 5 nitrogen and oxygen atoms in total. The predicted octanol–water partition coefficient (Wildman–Crippen LogP) is 2.98. The monoisotopic (exact) mass is 372 g/mol. The number of carbonyl (C=O) groups excluding carboxylic acids is 1. The van der Waals surface area contributed by atoms with E-state index in [4.69, 9.17) is 0 Å². The lowest BCUT2D eigenvalue weighted by Gasteiger charge is -2.31. The van der Waals surface area contributed by atoms with E-state index < -0.39 is 21.8 Å². The van der Waals surface area contributed by atoms with Gasteiger partial charge in [-0.3, -0.25) is 4.79 Å². The predicted molar refractivity (Wildman–Crippen MR) is 93.4 cm³/mol. The van der Waals surface area contributed by atoms with E-state index in [0.29, 0.717) is 24.9 Å². The Hall–Kier alpha value is -2.56. The number of nitrogens with zero attached hydrogens (tertiary/aromatic N) is 2. The molecule has 26 heavy (non-hydrogen) atoms. The van der Waals surface area contributed by atoms with Crippen LogP contribution in [0.3, 0.4) is 0 Å². The van der Waals surface area contributed by atoms with Gasteiger partial charge in [-0.15, -0.1) is 0 Å². The summed E-state index contributed by atoms with van der Waals surface area (Å²) in [7, 11) is -3.86. The lowest BCUT2D eigenvalue weighted by Crippen LogP contribution is -2.42. The van der Waals surface area contributed by atoms with E-state index in [2.05, 4.69) is 0 Å². The molecule has 1 unspecified atom stereocenters. The van der Waals surface area contributed by atoms with E-state index >= 15 is 0 Å². The molecule has 0 bridgehead atoms. The molecule has 2 aromatic rings. The summed E-state index contributed by atoms with van der Waals surface area (Å²) in [6.07, 6.45) is 1.12. The number of rotatable bonds is 4. The Morgan fingerprint density at radius 1 is 1.15 bits per heavy atom. The van der Waals surface area contributed by atoms with Gasteiger partial charge in [0, 0.05) is 24.6 Å². The third kappa shape index (κ3) is 3.52. The van der Waals surface area contributed by atoms with Crippen LogP contribution >= 0.6 is 0 Å². The Kier molecular flexibility index (Phi) is 5.16. The quantitative estimate of drug-likeness (QED) is 0.773. The van der Waals surface area contributed by atoms with Gasteiger partial charge >= 0.3 is 0 Å². The van der Waals surface area contributed by atoms with E-state index in [-0.39, 0.29) is 22.8 Å². The van der Waals surface area contributed by atoms with Gasteiger partial charge in [0.15, 0.2) is 5.78 Å². The highest BCUT2D eigenvalue weighted by atomic mass is 32.2. The Balaban J connectivity index is 1.85. The maximum Gasteiger partial charge on any atom is 0.244 e. The van der Waals surface area contributed by atoms with E-state index in [1.54, 1.807) is 12.1 Å². The van der Waals surface area contributed by atoms with Gasteiger partial charge in [-0.2, -0.15) is 9.57 Å². The van der Waals surface area contributed by atoms with Gasteiger partial charge in [0.05, 0.1) is 10.5 Å². The zero-order valence-corrected chi connectivity index (χ0v) is 14.7. The molecule has 0 aromatic heterocycles. The van der Waals surface area contributed by atoms with Gasteiger partial charge in [-0.05, 0) is 49.2 Å². The molecular weight excluding hydrogens is 355 g/mol. The molecule has 0 aliphatic carbocycles. The number of hydrogen-bond acceptors (Lipinski definition) is 4. The molecule has 7 heteroatoms. The van der Waals surface area contributed by atoms with Crippen molar-refractivity contribution >= 4 is 15.8 Å². The minimum atomic E-state index is -3.86. The second-order valence-electron chi connectivity index (χ2n) is 6.18. The molecular formula is C19H17FN2O3S. The minimum Gasteiger partial charge on any atom is -0.294 e. The normalized spacial score (nSPS) is 18.2. The molecule has 0 saturated carbocycles. The van der Waals surface area contributed by atoms with Gasteiger partial charge in [0.25, 0.3) is 0 Å². The van der Waals surface area contributed by atoms with Crippen LogP contribution in [0.2, 0.25) is 0 Å². The number of halogens is 1. The number of ketones is 1. The van der Waals surface area contributed by atoms with Crippen molar-refractivity contribution in [3.05, 3.63) is 65.5 Å². The molecule has 1 fully saturated rings. The number of Topliss-reactive ketones (excluding diaryl/α,β-unsaturated/α-hetero) is 1. The number of piperidine rings is 1. The molecule has 1 atom stereocenters. The van der Waals surface area contributed by atoms with E-state index in [1.807, 2.05) is 6.07 Å². The largest absolute Gasteiger partial charge is 0.294 e. The fraction of sp³-hybridized carbons (Fsp3) is 0.263. The maximum atomic E-state index is 13.0. The van der Waals surface area contributed by atoms with Crippen LogP contribution < -0.4 is 0 Å². The van der Waals surface area contributed by atoms with Crippen molar-refractivity contribution in [3.8, 4) is 6.07 Å². The summed E-state index contributed by atoms with van der Waals surface area (Å²) in [6.45, 7) is 0.355. The first-order chi connectivity index (χ1) is 12.4. The fourth-order valence-corrected chi connectivity index (χ4v) is 4.81. The molecule has 0 spiro atoms. The lowest BCUT2D eigenvalue weighted by molar-refractivity contribution is 0.0872. The lowest BCUT2D eigenvalue weighted by atomic mass is 9.91. The number of hydrogen-bond donors (Lipinski definition) is 0. The van der Waals surface area contributed by atoms with Crippen LogP contribution in [0.5, 0.6) is 0 Å². The average Bonchev–Trinajstić information content (AvgIpc) is 2.68. The first-order valence-electron chi connectivity index (χ1n) is 8.22. The molecule has 1 saturated heterocycles. The summed E-state index contributed by atoms with van der Waals surface area (Å²) in [5.41, 5.74) is 0.451. The Labute approximate surface area is 151 Å². The molecule has 2 aromatic carbocycles. The molecule has 0 amide bonds. The smallest absolute Gasteiger partial charge is 0.244 e. The zero-order valence-electron chi connectivity index (χ0n) is 13.9. The molecule has 3 rings (SSSR count). The van der Waals surface area contributed by atoms with Crippen molar-refractivity contribution in [2.45, 2.75) is 17.7 Å². The summed E-state index contributed by atoms with van der Waals surface area (Å²) >= 11 is 0. The standard InChI is InChI=1S/C19H17FN2O3S/c20-17-9-7-14(8-10-17)19(23)16-5-3-11-22(13-16)26(24,25)18-6-2-1-4-15(18)12-21/h1-2,4,6-10,16H,3,5,11,13H2. The van der Waals surface area contributed by atoms with Gasteiger partial charge in [-0.25, -0.2) is 12.8 Å². The second-order valence-corrected chi connectivity index (χ2v) is 8.09.